The van der Waals surface area contributed by atoms with Crippen LogP contribution >= 0.6 is 11.6 Å². The summed E-state index contributed by atoms with van der Waals surface area (Å²) in [5.74, 6) is 0.377. The predicted octanol–water partition coefficient (Wildman–Crippen LogP) is 2.71. The molecule has 82 valence electrons. The standard InChI is InChI=1S/C11H13ClO3/c12-8-4-3-7-11(14)15-10-6-2-1-5-9(10)13/h1-2,5-6,13H,3-4,7-8H2. The van der Waals surface area contributed by atoms with Crippen molar-refractivity contribution >= 4 is 17.6 Å². The van der Waals surface area contributed by atoms with Crippen molar-refractivity contribution < 1.29 is 14.6 Å². The molecule has 0 aromatic heterocycles. The highest BCUT2D eigenvalue weighted by atomic mass is 35.5. The lowest BCUT2D eigenvalue weighted by Crippen LogP contribution is -2.07. The van der Waals surface area contributed by atoms with Crippen LogP contribution < -0.4 is 4.74 Å². The number of phenolic OH excluding ortho intramolecular Hbond substituents is 1. The molecule has 0 aliphatic rings. The summed E-state index contributed by atoms with van der Waals surface area (Å²) in [5, 5.41) is 9.33. The second kappa shape index (κ2) is 6.30. The van der Waals surface area contributed by atoms with Crippen LogP contribution in [0.4, 0.5) is 0 Å². The number of para-hydroxylation sites is 2. The van der Waals surface area contributed by atoms with Crippen molar-refractivity contribution in [2.24, 2.45) is 0 Å². The zero-order valence-corrected chi connectivity index (χ0v) is 9.04. The van der Waals surface area contributed by atoms with Gasteiger partial charge < -0.3 is 9.84 Å². The lowest BCUT2D eigenvalue weighted by atomic mass is 10.2. The smallest absolute Gasteiger partial charge is 0.311 e. The molecule has 0 saturated heterocycles. The minimum atomic E-state index is -0.346. The maximum Gasteiger partial charge on any atom is 0.311 e. The maximum absolute atomic E-state index is 11.3. The van der Waals surface area contributed by atoms with Crippen LogP contribution in [0.15, 0.2) is 24.3 Å². The molecule has 0 unspecified atom stereocenters. The molecule has 0 bridgehead atoms. The third-order valence-electron chi connectivity index (χ3n) is 1.85. The fourth-order valence-electron chi connectivity index (χ4n) is 1.08. The molecule has 0 fully saturated rings. The van der Waals surface area contributed by atoms with Crippen molar-refractivity contribution in [3.8, 4) is 11.5 Å². The SMILES string of the molecule is O=C(CCCCCl)Oc1ccccc1O. The average Bonchev–Trinajstić information content (AvgIpc) is 2.22. The molecule has 0 radical (unpaired) electrons. The number of aromatic hydroxyl groups is 1. The molecule has 0 spiro atoms. The average molecular weight is 229 g/mol. The number of carbonyl (C=O) groups excluding carboxylic acids is 1. The van der Waals surface area contributed by atoms with Crippen molar-refractivity contribution in [3.05, 3.63) is 24.3 Å². The van der Waals surface area contributed by atoms with Gasteiger partial charge >= 0.3 is 5.97 Å². The number of carbonyl (C=O) groups is 1. The number of phenols is 1. The quantitative estimate of drug-likeness (QED) is 0.365. The summed E-state index contributed by atoms with van der Waals surface area (Å²) in [4.78, 5) is 11.3. The van der Waals surface area contributed by atoms with Gasteiger partial charge in [-0.3, -0.25) is 4.79 Å². The van der Waals surface area contributed by atoms with Gasteiger partial charge in [-0.1, -0.05) is 12.1 Å². The van der Waals surface area contributed by atoms with E-state index >= 15 is 0 Å². The molecule has 0 aliphatic carbocycles. The van der Waals surface area contributed by atoms with Gasteiger partial charge in [0.25, 0.3) is 0 Å². The molecule has 1 aromatic carbocycles. The van der Waals surface area contributed by atoms with E-state index in [4.69, 9.17) is 16.3 Å². The second-order valence-corrected chi connectivity index (χ2v) is 3.47. The largest absolute Gasteiger partial charge is 0.504 e. The van der Waals surface area contributed by atoms with E-state index in [0.717, 1.165) is 6.42 Å². The highest BCUT2D eigenvalue weighted by Gasteiger charge is 2.07. The van der Waals surface area contributed by atoms with E-state index < -0.39 is 0 Å². The third kappa shape index (κ3) is 4.21. The number of halogens is 1. The zero-order chi connectivity index (χ0) is 11.1. The molecular weight excluding hydrogens is 216 g/mol. The van der Waals surface area contributed by atoms with Crippen LogP contribution in [0.3, 0.4) is 0 Å². The number of benzene rings is 1. The molecule has 0 heterocycles. The molecule has 0 atom stereocenters. The van der Waals surface area contributed by atoms with E-state index in [0.29, 0.717) is 18.7 Å². The van der Waals surface area contributed by atoms with E-state index in [1.165, 1.54) is 6.07 Å². The molecule has 1 rings (SSSR count). The second-order valence-electron chi connectivity index (χ2n) is 3.09. The Bertz CT molecular complexity index is 325. The first-order chi connectivity index (χ1) is 7.24. The summed E-state index contributed by atoms with van der Waals surface area (Å²) in [6.45, 7) is 0. The lowest BCUT2D eigenvalue weighted by Gasteiger charge is -2.05. The number of alkyl halides is 1. The number of unbranched alkanes of at least 4 members (excludes halogenated alkanes) is 1. The van der Waals surface area contributed by atoms with E-state index in [1.54, 1.807) is 18.2 Å². The molecule has 15 heavy (non-hydrogen) atoms. The van der Waals surface area contributed by atoms with Gasteiger partial charge in [0.15, 0.2) is 11.5 Å². The number of rotatable bonds is 5. The summed E-state index contributed by atoms with van der Waals surface area (Å²) in [7, 11) is 0. The van der Waals surface area contributed by atoms with E-state index in [2.05, 4.69) is 0 Å². The Kier molecular flexibility index (Phi) is 4.98. The van der Waals surface area contributed by atoms with Crippen molar-refractivity contribution in [2.75, 3.05) is 5.88 Å². The lowest BCUT2D eigenvalue weighted by molar-refractivity contribution is -0.134. The molecule has 1 N–H and O–H groups in total. The Balaban J connectivity index is 2.41. The van der Waals surface area contributed by atoms with Gasteiger partial charge in [-0.15, -0.1) is 11.6 Å². The van der Waals surface area contributed by atoms with Gasteiger partial charge in [-0.25, -0.2) is 0 Å². The van der Waals surface area contributed by atoms with Gasteiger partial charge in [0.2, 0.25) is 0 Å². The van der Waals surface area contributed by atoms with E-state index in [9.17, 15) is 9.90 Å². The van der Waals surface area contributed by atoms with Crippen molar-refractivity contribution in [2.45, 2.75) is 19.3 Å². The highest BCUT2D eigenvalue weighted by molar-refractivity contribution is 6.17. The molecule has 0 aliphatic heterocycles. The van der Waals surface area contributed by atoms with Crippen LogP contribution in [0.1, 0.15) is 19.3 Å². The summed E-state index contributed by atoms with van der Waals surface area (Å²) in [6, 6.07) is 6.39. The van der Waals surface area contributed by atoms with E-state index in [-0.39, 0.29) is 17.5 Å². The van der Waals surface area contributed by atoms with E-state index in [1.807, 2.05) is 0 Å². The van der Waals surface area contributed by atoms with Crippen LogP contribution in [0, 0.1) is 0 Å². The normalized spacial score (nSPS) is 9.93. The number of hydrogen-bond donors (Lipinski definition) is 1. The molecule has 0 saturated carbocycles. The Morgan fingerprint density at radius 1 is 1.33 bits per heavy atom. The number of ether oxygens (including phenoxy) is 1. The van der Waals surface area contributed by atoms with Crippen molar-refractivity contribution in [1.82, 2.24) is 0 Å². The summed E-state index contributed by atoms with van der Waals surface area (Å²) in [6.07, 6.45) is 1.81. The molecular formula is C11H13ClO3. The van der Waals surface area contributed by atoms with Crippen molar-refractivity contribution in [3.63, 3.8) is 0 Å². The van der Waals surface area contributed by atoms with Crippen LogP contribution in [-0.2, 0) is 4.79 Å². The topological polar surface area (TPSA) is 46.5 Å². The number of hydrogen-bond acceptors (Lipinski definition) is 3. The maximum atomic E-state index is 11.3. The van der Waals surface area contributed by atoms with Crippen LogP contribution in [-0.4, -0.2) is 17.0 Å². The Labute approximate surface area is 93.6 Å². The first kappa shape index (κ1) is 11.9. The first-order valence-electron chi connectivity index (χ1n) is 4.78. The molecule has 4 heteroatoms. The minimum Gasteiger partial charge on any atom is -0.504 e. The first-order valence-corrected chi connectivity index (χ1v) is 5.32. The van der Waals surface area contributed by atoms with Crippen LogP contribution in [0.2, 0.25) is 0 Å². The molecule has 3 nitrogen and oxygen atoms in total. The Hall–Kier alpha value is -1.22. The third-order valence-corrected chi connectivity index (χ3v) is 2.12. The van der Waals surface area contributed by atoms with Crippen LogP contribution in [0.25, 0.3) is 0 Å². The summed E-state index contributed by atoms with van der Waals surface area (Å²) < 4.78 is 4.96. The summed E-state index contributed by atoms with van der Waals surface area (Å²) >= 11 is 5.48. The fourth-order valence-corrected chi connectivity index (χ4v) is 1.27. The van der Waals surface area contributed by atoms with Gasteiger partial charge in [0.05, 0.1) is 0 Å². The fraction of sp³-hybridized carbons (Fsp3) is 0.364. The zero-order valence-electron chi connectivity index (χ0n) is 8.28. The Morgan fingerprint density at radius 3 is 2.73 bits per heavy atom. The minimum absolute atomic E-state index is 0.0248. The van der Waals surface area contributed by atoms with Gasteiger partial charge in [0, 0.05) is 12.3 Å². The molecule has 0 amide bonds. The van der Waals surface area contributed by atoms with Gasteiger partial charge in [0.1, 0.15) is 0 Å². The predicted molar refractivity (Wildman–Crippen MR) is 58.3 cm³/mol. The monoisotopic (exact) mass is 228 g/mol. The van der Waals surface area contributed by atoms with Gasteiger partial charge in [-0.2, -0.15) is 0 Å². The van der Waals surface area contributed by atoms with Crippen molar-refractivity contribution in [1.29, 1.82) is 0 Å². The highest BCUT2D eigenvalue weighted by Crippen LogP contribution is 2.24. The van der Waals surface area contributed by atoms with Crippen LogP contribution in [0.5, 0.6) is 11.5 Å². The Morgan fingerprint density at radius 2 is 2.07 bits per heavy atom. The van der Waals surface area contributed by atoms with Gasteiger partial charge in [-0.05, 0) is 25.0 Å². The molecule has 1 aromatic rings. The number of esters is 1. The summed E-state index contributed by atoms with van der Waals surface area (Å²) in [5.41, 5.74) is 0.